The number of carbonyl (C=O) groups excluding carboxylic acids is 2. The third-order valence-corrected chi connectivity index (χ3v) is 4.85. The van der Waals surface area contributed by atoms with Gasteiger partial charge < -0.3 is 14.5 Å². The molecule has 24 heavy (non-hydrogen) atoms. The highest BCUT2D eigenvalue weighted by Gasteiger charge is 2.30. The van der Waals surface area contributed by atoms with Crippen LogP contribution in [0.1, 0.15) is 30.1 Å². The molecule has 5 nitrogen and oxygen atoms in total. The maximum atomic E-state index is 14.0. The average molecular weight is 334 g/mol. The summed E-state index contributed by atoms with van der Waals surface area (Å²) >= 11 is 0. The molecule has 130 valence electrons. The number of benzene rings is 1. The van der Waals surface area contributed by atoms with Gasteiger partial charge in [0.05, 0.1) is 24.5 Å². The normalized spacial score (nSPS) is 19.4. The lowest BCUT2D eigenvalue weighted by molar-refractivity contribution is -0.140. The van der Waals surface area contributed by atoms with E-state index in [4.69, 9.17) is 4.74 Å². The fourth-order valence-electron chi connectivity index (χ4n) is 3.53. The van der Waals surface area contributed by atoms with Crippen molar-refractivity contribution in [3.8, 4) is 0 Å². The first kappa shape index (κ1) is 16.9. The van der Waals surface area contributed by atoms with Gasteiger partial charge in [0.1, 0.15) is 5.82 Å². The van der Waals surface area contributed by atoms with E-state index in [1.54, 1.807) is 12.1 Å². The van der Waals surface area contributed by atoms with Crippen molar-refractivity contribution in [3.63, 3.8) is 0 Å². The Hall–Kier alpha value is -1.95. The van der Waals surface area contributed by atoms with E-state index in [0.717, 1.165) is 12.8 Å². The van der Waals surface area contributed by atoms with Crippen molar-refractivity contribution < 1.29 is 18.7 Å². The molecular weight excluding hydrogens is 311 g/mol. The molecule has 0 unspecified atom stereocenters. The standard InChI is InChI=1S/C18H23FN2O3/c1-13(22)17-15(19)3-2-4-16(17)20-7-5-14(6-8-20)18(23)21-9-11-24-12-10-21/h2-4,14H,5-12H2,1H3. The zero-order valence-electron chi connectivity index (χ0n) is 14.0. The molecule has 2 saturated heterocycles. The molecule has 0 atom stereocenters. The second-order valence-electron chi connectivity index (χ2n) is 6.39. The molecule has 0 spiro atoms. The van der Waals surface area contributed by atoms with Crippen LogP contribution in [0.5, 0.6) is 0 Å². The van der Waals surface area contributed by atoms with Gasteiger partial charge in [0, 0.05) is 32.1 Å². The van der Waals surface area contributed by atoms with E-state index in [2.05, 4.69) is 0 Å². The minimum Gasteiger partial charge on any atom is -0.378 e. The molecule has 0 aromatic heterocycles. The molecule has 0 bridgehead atoms. The van der Waals surface area contributed by atoms with Crippen LogP contribution < -0.4 is 4.90 Å². The number of nitrogens with zero attached hydrogens (tertiary/aromatic N) is 2. The quantitative estimate of drug-likeness (QED) is 0.795. The zero-order chi connectivity index (χ0) is 17.1. The summed E-state index contributed by atoms with van der Waals surface area (Å²) in [6.45, 7) is 5.24. The summed E-state index contributed by atoms with van der Waals surface area (Å²) in [6, 6.07) is 4.72. The molecule has 0 radical (unpaired) electrons. The topological polar surface area (TPSA) is 49.9 Å². The van der Waals surface area contributed by atoms with Crippen LogP contribution in [0.3, 0.4) is 0 Å². The Bertz CT molecular complexity index is 621. The summed E-state index contributed by atoms with van der Waals surface area (Å²) in [7, 11) is 0. The van der Waals surface area contributed by atoms with E-state index in [-0.39, 0.29) is 23.2 Å². The number of halogens is 1. The van der Waals surface area contributed by atoms with E-state index in [0.29, 0.717) is 45.1 Å². The number of hydrogen-bond acceptors (Lipinski definition) is 4. The first-order chi connectivity index (χ1) is 11.6. The number of piperidine rings is 1. The fourth-order valence-corrected chi connectivity index (χ4v) is 3.53. The summed E-state index contributed by atoms with van der Waals surface area (Å²) in [5.74, 6) is -0.543. The van der Waals surface area contributed by atoms with Crippen LogP contribution >= 0.6 is 0 Å². The van der Waals surface area contributed by atoms with Crippen molar-refractivity contribution in [2.75, 3.05) is 44.3 Å². The predicted molar refractivity (Wildman–Crippen MR) is 88.7 cm³/mol. The smallest absolute Gasteiger partial charge is 0.225 e. The Morgan fingerprint density at radius 1 is 1.12 bits per heavy atom. The second-order valence-corrected chi connectivity index (χ2v) is 6.39. The molecule has 1 amide bonds. The van der Waals surface area contributed by atoms with E-state index in [1.165, 1.54) is 13.0 Å². The lowest BCUT2D eigenvalue weighted by Gasteiger charge is -2.37. The molecule has 0 saturated carbocycles. The van der Waals surface area contributed by atoms with Gasteiger partial charge in [-0.25, -0.2) is 4.39 Å². The Morgan fingerprint density at radius 2 is 1.79 bits per heavy atom. The van der Waals surface area contributed by atoms with Gasteiger partial charge in [-0.2, -0.15) is 0 Å². The third kappa shape index (κ3) is 3.43. The minimum atomic E-state index is -0.480. The number of anilines is 1. The first-order valence-electron chi connectivity index (χ1n) is 8.49. The number of ether oxygens (including phenoxy) is 1. The lowest BCUT2D eigenvalue weighted by atomic mass is 9.94. The van der Waals surface area contributed by atoms with Gasteiger partial charge >= 0.3 is 0 Å². The number of amides is 1. The molecule has 1 aromatic carbocycles. The lowest BCUT2D eigenvalue weighted by Crippen LogP contribution is -2.47. The molecular formula is C18H23FN2O3. The van der Waals surface area contributed by atoms with Crippen molar-refractivity contribution in [1.82, 2.24) is 4.90 Å². The summed E-state index contributed by atoms with van der Waals surface area (Å²) in [5, 5.41) is 0. The van der Waals surface area contributed by atoms with Crippen molar-refractivity contribution in [2.24, 2.45) is 5.92 Å². The molecule has 3 rings (SSSR count). The van der Waals surface area contributed by atoms with Gasteiger partial charge in [-0.05, 0) is 31.9 Å². The molecule has 0 N–H and O–H groups in total. The van der Waals surface area contributed by atoms with Crippen molar-refractivity contribution in [3.05, 3.63) is 29.6 Å². The molecule has 2 heterocycles. The SMILES string of the molecule is CC(=O)c1c(F)cccc1N1CCC(C(=O)N2CCOCC2)CC1. The Labute approximate surface area is 141 Å². The van der Waals surface area contributed by atoms with Crippen LogP contribution in [-0.2, 0) is 9.53 Å². The van der Waals surface area contributed by atoms with Crippen LogP contribution in [0.4, 0.5) is 10.1 Å². The number of hydrogen-bond donors (Lipinski definition) is 0. The highest BCUT2D eigenvalue weighted by Crippen LogP contribution is 2.29. The number of morpholine rings is 1. The predicted octanol–water partition coefficient (Wildman–Crippen LogP) is 2.10. The van der Waals surface area contributed by atoms with Crippen LogP contribution in [0, 0.1) is 11.7 Å². The van der Waals surface area contributed by atoms with Gasteiger partial charge in [0.15, 0.2) is 5.78 Å². The van der Waals surface area contributed by atoms with Crippen LogP contribution in [0.25, 0.3) is 0 Å². The maximum absolute atomic E-state index is 14.0. The number of carbonyl (C=O) groups is 2. The monoisotopic (exact) mass is 334 g/mol. The minimum absolute atomic E-state index is 0.00804. The van der Waals surface area contributed by atoms with E-state index < -0.39 is 5.82 Å². The largest absolute Gasteiger partial charge is 0.378 e. The van der Waals surface area contributed by atoms with E-state index in [1.807, 2.05) is 9.80 Å². The highest BCUT2D eigenvalue weighted by atomic mass is 19.1. The Balaban J connectivity index is 1.66. The summed E-state index contributed by atoms with van der Waals surface area (Å²) in [6.07, 6.45) is 1.45. The number of rotatable bonds is 3. The molecule has 6 heteroatoms. The maximum Gasteiger partial charge on any atom is 0.225 e. The van der Waals surface area contributed by atoms with Gasteiger partial charge in [-0.15, -0.1) is 0 Å². The highest BCUT2D eigenvalue weighted by molar-refractivity contribution is 6.00. The average Bonchev–Trinajstić information content (AvgIpc) is 2.61. The number of Topliss-reactive ketones (excluding diaryl/α,β-unsaturated/α-hetero) is 1. The van der Waals surface area contributed by atoms with Crippen molar-refractivity contribution in [2.45, 2.75) is 19.8 Å². The van der Waals surface area contributed by atoms with Crippen LogP contribution in [0.2, 0.25) is 0 Å². The van der Waals surface area contributed by atoms with Gasteiger partial charge in [-0.1, -0.05) is 6.07 Å². The first-order valence-corrected chi connectivity index (χ1v) is 8.49. The summed E-state index contributed by atoms with van der Waals surface area (Å²) in [4.78, 5) is 28.2. The molecule has 2 fully saturated rings. The molecule has 2 aliphatic rings. The van der Waals surface area contributed by atoms with Crippen molar-refractivity contribution >= 4 is 17.4 Å². The Morgan fingerprint density at radius 3 is 2.42 bits per heavy atom. The van der Waals surface area contributed by atoms with Crippen molar-refractivity contribution in [1.29, 1.82) is 0 Å². The van der Waals surface area contributed by atoms with Crippen LogP contribution in [0.15, 0.2) is 18.2 Å². The number of ketones is 1. The van der Waals surface area contributed by atoms with E-state index in [9.17, 15) is 14.0 Å². The molecule has 2 aliphatic heterocycles. The van der Waals surface area contributed by atoms with E-state index >= 15 is 0 Å². The zero-order valence-corrected chi connectivity index (χ0v) is 14.0. The second kappa shape index (κ2) is 7.30. The van der Waals surface area contributed by atoms with Gasteiger partial charge in [-0.3, -0.25) is 9.59 Å². The molecule has 0 aliphatic carbocycles. The molecule has 1 aromatic rings. The van der Waals surface area contributed by atoms with Gasteiger partial charge in [0.25, 0.3) is 0 Å². The third-order valence-electron chi connectivity index (χ3n) is 4.85. The summed E-state index contributed by atoms with van der Waals surface area (Å²) < 4.78 is 19.3. The Kier molecular flexibility index (Phi) is 5.14. The van der Waals surface area contributed by atoms with Gasteiger partial charge in [0.2, 0.25) is 5.91 Å². The fraction of sp³-hybridized carbons (Fsp3) is 0.556. The summed E-state index contributed by atoms with van der Waals surface area (Å²) in [5.41, 5.74) is 0.787. The van der Waals surface area contributed by atoms with Crippen LogP contribution in [-0.4, -0.2) is 56.0 Å².